The minimum atomic E-state index is -3.15. The van der Waals surface area contributed by atoms with Crippen molar-refractivity contribution in [3.8, 4) is 11.4 Å². The molecule has 1 atom stereocenters. The third kappa shape index (κ3) is 2.89. The molecule has 22 heavy (non-hydrogen) atoms. The predicted octanol–water partition coefficient (Wildman–Crippen LogP) is 0.934. The summed E-state index contributed by atoms with van der Waals surface area (Å²) in [6.45, 7) is 2.91. The first-order valence-corrected chi connectivity index (χ1v) is 8.98. The molecule has 1 fully saturated rings. The van der Waals surface area contributed by atoms with Crippen LogP contribution in [0, 0.1) is 6.92 Å². The molecule has 1 aliphatic heterocycles. The zero-order valence-corrected chi connectivity index (χ0v) is 13.7. The van der Waals surface area contributed by atoms with Crippen molar-refractivity contribution in [2.24, 2.45) is 7.05 Å². The van der Waals surface area contributed by atoms with Gasteiger partial charge in [0.05, 0.1) is 17.6 Å². The molecule has 7 nitrogen and oxygen atoms in total. The van der Waals surface area contributed by atoms with Crippen LogP contribution in [0.2, 0.25) is 0 Å². The van der Waals surface area contributed by atoms with Gasteiger partial charge in [-0.05, 0) is 25.5 Å². The summed E-state index contributed by atoms with van der Waals surface area (Å²) in [7, 11) is -1.28. The van der Waals surface area contributed by atoms with E-state index in [0.29, 0.717) is 18.9 Å². The molecule has 0 aromatic carbocycles. The van der Waals surface area contributed by atoms with Crippen LogP contribution in [0.25, 0.3) is 11.4 Å². The first-order valence-electron chi connectivity index (χ1n) is 7.13. The first kappa shape index (κ1) is 15.1. The molecule has 0 aliphatic carbocycles. The minimum Gasteiger partial charge on any atom is -0.266 e. The summed E-state index contributed by atoms with van der Waals surface area (Å²) < 4.78 is 26.6. The molecule has 0 N–H and O–H groups in total. The Morgan fingerprint density at radius 3 is 2.68 bits per heavy atom. The van der Waals surface area contributed by atoms with Gasteiger partial charge in [0.25, 0.3) is 0 Å². The molecule has 0 spiro atoms. The maximum absolute atomic E-state index is 11.6. The Labute approximate surface area is 130 Å². The van der Waals surface area contributed by atoms with Gasteiger partial charge < -0.3 is 0 Å². The standard InChI is InChI=1S/C14H19N5O2S/c1-10-8-12(13-4-6-15-18(13)2)17-14(16-10)11-5-7-19(9-11)22(3,20)21/h4,6,8,11H,5,7,9H2,1-3H3. The van der Waals surface area contributed by atoms with Gasteiger partial charge in [-0.3, -0.25) is 4.68 Å². The molecule has 0 bridgehead atoms. The van der Waals surface area contributed by atoms with Crippen LogP contribution in [0.3, 0.4) is 0 Å². The average molecular weight is 321 g/mol. The molecule has 1 saturated heterocycles. The Hall–Kier alpha value is -1.80. The number of hydrogen-bond donors (Lipinski definition) is 0. The van der Waals surface area contributed by atoms with Gasteiger partial charge in [0, 0.05) is 37.9 Å². The van der Waals surface area contributed by atoms with Crippen LogP contribution in [-0.2, 0) is 17.1 Å². The summed E-state index contributed by atoms with van der Waals surface area (Å²) in [5, 5.41) is 4.16. The number of aromatic nitrogens is 4. The van der Waals surface area contributed by atoms with Crippen LogP contribution in [-0.4, -0.2) is 51.8 Å². The molecule has 2 aromatic rings. The highest BCUT2D eigenvalue weighted by molar-refractivity contribution is 7.88. The highest BCUT2D eigenvalue weighted by Gasteiger charge is 2.31. The van der Waals surface area contributed by atoms with Crippen molar-refractivity contribution < 1.29 is 8.42 Å². The maximum Gasteiger partial charge on any atom is 0.211 e. The summed E-state index contributed by atoms with van der Waals surface area (Å²) in [4.78, 5) is 9.15. The molecular formula is C14H19N5O2S. The number of nitrogens with zero attached hydrogens (tertiary/aromatic N) is 5. The van der Waals surface area contributed by atoms with Crippen molar-refractivity contribution in [1.29, 1.82) is 0 Å². The molecule has 0 radical (unpaired) electrons. The lowest BCUT2D eigenvalue weighted by Gasteiger charge is -2.13. The van der Waals surface area contributed by atoms with Gasteiger partial charge in [-0.1, -0.05) is 0 Å². The molecule has 2 aromatic heterocycles. The second-order valence-corrected chi connectivity index (χ2v) is 7.68. The third-order valence-electron chi connectivity index (χ3n) is 3.94. The van der Waals surface area contributed by atoms with Gasteiger partial charge in [-0.2, -0.15) is 5.10 Å². The molecule has 8 heteroatoms. The zero-order chi connectivity index (χ0) is 15.9. The van der Waals surface area contributed by atoms with Crippen molar-refractivity contribution in [1.82, 2.24) is 24.1 Å². The second-order valence-electron chi connectivity index (χ2n) is 5.70. The van der Waals surface area contributed by atoms with E-state index < -0.39 is 10.0 Å². The van der Waals surface area contributed by atoms with Crippen molar-refractivity contribution in [3.05, 3.63) is 29.8 Å². The largest absolute Gasteiger partial charge is 0.266 e. The van der Waals surface area contributed by atoms with Gasteiger partial charge >= 0.3 is 0 Å². The van der Waals surface area contributed by atoms with E-state index in [-0.39, 0.29) is 5.92 Å². The molecule has 1 unspecified atom stereocenters. The Bertz CT molecular complexity index is 799. The monoisotopic (exact) mass is 321 g/mol. The highest BCUT2D eigenvalue weighted by Crippen LogP contribution is 2.28. The predicted molar refractivity (Wildman–Crippen MR) is 82.7 cm³/mol. The maximum atomic E-state index is 11.6. The average Bonchev–Trinajstić information content (AvgIpc) is 3.05. The highest BCUT2D eigenvalue weighted by atomic mass is 32.2. The normalized spacial score (nSPS) is 19.7. The van der Waals surface area contributed by atoms with E-state index in [1.165, 1.54) is 10.6 Å². The molecular weight excluding hydrogens is 302 g/mol. The Morgan fingerprint density at radius 2 is 2.09 bits per heavy atom. The van der Waals surface area contributed by atoms with Crippen LogP contribution < -0.4 is 0 Å². The fraction of sp³-hybridized carbons (Fsp3) is 0.500. The minimum absolute atomic E-state index is 0.0432. The topological polar surface area (TPSA) is 81.0 Å². The van der Waals surface area contributed by atoms with E-state index >= 15 is 0 Å². The van der Waals surface area contributed by atoms with E-state index in [4.69, 9.17) is 0 Å². The van der Waals surface area contributed by atoms with E-state index in [2.05, 4.69) is 15.1 Å². The fourth-order valence-electron chi connectivity index (χ4n) is 2.77. The van der Waals surface area contributed by atoms with Crippen LogP contribution in [0.4, 0.5) is 0 Å². The lowest BCUT2D eigenvalue weighted by molar-refractivity contribution is 0.476. The summed E-state index contributed by atoms with van der Waals surface area (Å²) in [6, 6.07) is 3.83. The lowest BCUT2D eigenvalue weighted by Crippen LogP contribution is -2.27. The fourth-order valence-corrected chi connectivity index (χ4v) is 3.66. The SMILES string of the molecule is Cc1cc(-c2ccnn2C)nc(C2CCN(S(C)(=O)=O)C2)n1. The number of hydrogen-bond acceptors (Lipinski definition) is 5. The second kappa shape index (κ2) is 5.44. The molecule has 3 heterocycles. The zero-order valence-electron chi connectivity index (χ0n) is 12.9. The Balaban J connectivity index is 1.93. The lowest BCUT2D eigenvalue weighted by atomic mass is 10.1. The molecule has 0 saturated carbocycles. The van der Waals surface area contributed by atoms with Gasteiger partial charge in [0.2, 0.25) is 10.0 Å². The van der Waals surface area contributed by atoms with Crippen molar-refractivity contribution in [3.63, 3.8) is 0 Å². The van der Waals surface area contributed by atoms with Gasteiger partial charge in [0.15, 0.2) is 0 Å². The van der Waals surface area contributed by atoms with Crippen LogP contribution >= 0.6 is 0 Å². The van der Waals surface area contributed by atoms with Crippen molar-refractivity contribution in [2.75, 3.05) is 19.3 Å². The Morgan fingerprint density at radius 1 is 1.32 bits per heavy atom. The molecule has 1 aliphatic rings. The number of rotatable bonds is 3. The number of aryl methyl sites for hydroxylation is 2. The quantitative estimate of drug-likeness (QED) is 0.840. The van der Waals surface area contributed by atoms with Crippen molar-refractivity contribution in [2.45, 2.75) is 19.3 Å². The summed E-state index contributed by atoms with van der Waals surface area (Å²) in [5.41, 5.74) is 2.61. The summed E-state index contributed by atoms with van der Waals surface area (Å²) in [6.07, 6.45) is 3.72. The Kier molecular flexibility index (Phi) is 3.73. The van der Waals surface area contributed by atoms with E-state index in [1.807, 2.05) is 26.1 Å². The number of sulfonamides is 1. The van der Waals surface area contributed by atoms with E-state index in [0.717, 1.165) is 23.5 Å². The molecule has 0 amide bonds. The summed E-state index contributed by atoms with van der Waals surface area (Å²) in [5.74, 6) is 0.754. The van der Waals surface area contributed by atoms with Gasteiger partial charge in [-0.25, -0.2) is 22.7 Å². The van der Waals surface area contributed by atoms with Gasteiger partial charge in [0.1, 0.15) is 5.82 Å². The third-order valence-corrected chi connectivity index (χ3v) is 5.21. The van der Waals surface area contributed by atoms with E-state index in [1.54, 1.807) is 10.9 Å². The molecule has 3 rings (SSSR count). The van der Waals surface area contributed by atoms with Crippen molar-refractivity contribution >= 4 is 10.0 Å². The van der Waals surface area contributed by atoms with Crippen LogP contribution in [0.5, 0.6) is 0 Å². The summed E-state index contributed by atoms with van der Waals surface area (Å²) >= 11 is 0. The first-order chi connectivity index (χ1) is 10.3. The van der Waals surface area contributed by atoms with E-state index in [9.17, 15) is 8.42 Å². The van der Waals surface area contributed by atoms with Crippen LogP contribution in [0.1, 0.15) is 23.9 Å². The molecule has 118 valence electrons. The van der Waals surface area contributed by atoms with Gasteiger partial charge in [-0.15, -0.1) is 0 Å². The smallest absolute Gasteiger partial charge is 0.211 e. The van der Waals surface area contributed by atoms with Crippen LogP contribution in [0.15, 0.2) is 18.3 Å².